The van der Waals surface area contributed by atoms with Crippen molar-refractivity contribution in [2.45, 2.75) is 18.8 Å². The third-order valence-electron chi connectivity index (χ3n) is 5.56. The van der Waals surface area contributed by atoms with Gasteiger partial charge in [-0.1, -0.05) is 6.07 Å². The summed E-state index contributed by atoms with van der Waals surface area (Å²) in [5.41, 5.74) is 2.10. The van der Waals surface area contributed by atoms with Crippen molar-refractivity contribution in [2.24, 2.45) is 4.99 Å². The number of methoxy groups -OCH3 is 2. The van der Waals surface area contributed by atoms with Gasteiger partial charge in [-0.05, 0) is 36.2 Å². The number of hydrogen-bond donors (Lipinski definition) is 1. The minimum absolute atomic E-state index is 0. The van der Waals surface area contributed by atoms with Gasteiger partial charge in [-0.3, -0.25) is 9.39 Å². The molecule has 0 aliphatic carbocycles. The van der Waals surface area contributed by atoms with Crippen LogP contribution in [0, 0.1) is 0 Å². The van der Waals surface area contributed by atoms with Crippen molar-refractivity contribution in [3.8, 4) is 11.5 Å². The fourth-order valence-electron chi connectivity index (χ4n) is 3.97. The van der Waals surface area contributed by atoms with Gasteiger partial charge in [-0.15, -0.1) is 34.2 Å². The van der Waals surface area contributed by atoms with E-state index in [1.54, 1.807) is 14.2 Å². The highest BCUT2D eigenvalue weighted by atomic mass is 127. The molecule has 1 fully saturated rings. The minimum Gasteiger partial charge on any atom is -0.497 e. The molecule has 2 aromatic heterocycles. The summed E-state index contributed by atoms with van der Waals surface area (Å²) in [4.78, 5) is 6.79. The Labute approximate surface area is 199 Å². The molecule has 31 heavy (non-hydrogen) atoms. The monoisotopic (exact) mass is 536 g/mol. The molecule has 1 atom stereocenters. The molecule has 1 aliphatic heterocycles. The van der Waals surface area contributed by atoms with Gasteiger partial charge < -0.3 is 19.7 Å². The SMILES string of the molecule is CN=C(NCCc1nnc2ccccn12)N1CCC(c2cc(OC)cc(OC)c2)C1.I. The standard InChI is InChI=1S/C22H28N6O2.HI/c1-23-22(24-9-7-21-26-25-20-6-4-5-10-28(20)21)27-11-8-16(15-27)17-12-18(29-2)14-19(13-17)30-3;/h4-6,10,12-14,16H,7-9,11,15H2,1-3H3,(H,23,24);1H. The smallest absolute Gasteiger partial charge is 0.193 e. The average molecular weight is 536 g/mol. The number of fused-ring (bicyclic) bond motifs is 1. The van der Waals surface area contributed by atoms with E-state index in [4.69, 9.17) is 9.47 Å². The van der Waals surface area contributed by atoms with E-state index in [-0.39, 0.29) is 24.0 Å². The molecular formula is C22H29IN6O2. The van der Waals surface area contributed by atoms with Gasteiger partial charge in [0, 0.05) is 51.3 Å². The molecular weight excluding hydrogens is 507 g/mol. The summed E-state index contributed by atoms with van der Waals surface area (Å²) >= 11 is 0. The van der Waals surface area contributed by atoms with Crippen LogP contribution in [0.2, 0.25) is 0 Å². The maximum Gasteiger partial charge on any atom is 0.193 e. The van der Waals surface area contributed by atoms with Crippen molar-refractivity contribution in [1.29, 1.82) is 0 Å². The molecule has 0 radical (unpaired) electrons. The third-order valence-corrected chi connectivity index (χ3v) is 5.56. The van der Waals surface area contributed by atoms with Gasteiger partial charge in [-0.25, -0.2) is 0 Å². The number of rotatable bonds is 6. The normalized spacial score (nSPS) is 16.3. The van der Waals surface area contributed by atoms with Crippen LogP contribution in [0.5, 0.6) is 11.5 Å². The Balaban J connectivity index is 0.00000272. The van der Waals surface area contributed by atoms with E-state index >= 15 is 0 Å². The van der Waals surface area contributed by atoms with Crippen LogP contribution in [-0.4, -0.2) is 66.4 Å². The van der Waals surface area contributed by atoms with Crippen LogP contribution in [0.25, 0.3) is 5.65 Å². The van der Waals surface area contributed by atoms with E-state index in [0.717, 1.165) is 61.4 Å². The maximum atomic E-state index is 5.43. The zero-order valence-corrected chi connectivity index (χ0v) is 20.4. The van der Waals surface area contributed by atoms with Crippen molar-refractivity contribution in [3.63, 3.8) is 0 Å². The first kappa shape index (κ1) is 23.1. The summed E-state index contributed by atoms with van der Waals surface area (Å²) in [5.74, 6) is 3.92. The molecule has 0 saturated carbocycles. The van der Waals surface area contributed by atoms with Gasteiger partial charge in [-0.2, -0.15) is 0 Å². The van der Waals surface area contributed by atoms with Crippen LogP contribution in [0.15, 0.2) is 47.6 Å². The molecule has 0 spiro atoms. The summed E-state index contributed by atoms with van der Waals surface area (Å²) in [6.45, 7) is 2.61. The van der Waals surface area contributed by atoms with Crippen molar-refractivity contribution in [1.82, 2.24) is 24.8 Å². The van der Waals surface area contributed by atoms with Crippen molar-refractivity contribution in [2.75, 3.05) is 40.9 Å². The molecule has 1 unspecified atom stereocenters. The molecule has 166 valence electrons. The Morgan fingerprint density at radius 2 is 1.94 bits per heavy atom. The summed E-state index contributed by atoms with van der Waals surface area (Å²) in [6, 6.07) is 12.0. The lowest BCUT2D eigenvalue weighted by Crippen LogP contribution is -2.40. The molecule has 8 nitrogen and oxygen atoms in total. The first-order chi connectivity index (χ1) is 14.7. The number of nitrogens with zero attached hydrogens (tertiary/aromatic N) is 5. The number of ether oxygens (including phenoxy) is 2. The molecule has 1 N–H and O–H groups in total. The molecule has 3 aromatic rings. The number of pyridine rings is 1. The van der Waals surface area contributed by atoms with Crippen LogP contribution in [0.3, 0.4) is 0 Å². The number of hydrogen-bond acceptors (Lipinski definition) is 5. The van der Waals surface area contributed by atoms with Crippen LogP contribution in [0.4, 0.5) is 0 Å². The highest BCUT2D eigenvalue weighted by Crippen LogP contribution is 2.32. The van der Waals surface area contributed by atoms with E-state index < -0.39 is 0 Å². The first-order valence-electron chi connectivity index (χ1n) is 10.2. The number of aliphatic imine (C=N–C) groups is 1. The summed E-state index contributed by atoms with van der Waals surface area (Å²) in [6.07, 6.45) is 3.83. The van der Waals surface area contributed by atoms with E-state index in [9.17, 15) is 0 Å². The minimum atomic E-state index is 0. The van der Waals surface area contributed by atoms with Crippen LogP contribution >= 0.6 is 24.0 Å². The van der Waals surface area contributed by atoms with E-state index in [2.05, 4.69) is 37.5 Å². The molecule has 4 rings (SSSR count). The Kier molecular flexibility index (Phi) is 7.94. The predicted octanol–water partition coefficient (Wildman–Crippen LogP) is 2.97. The number of benzene rings is 1. The third kappa shape index (κ3) is 5.20. The van der Waals surface area contributed by atoms with Crippen molar-refractivity contribution < 1.29 is 9.47 Å². The van der Waals surface area contributed by atoms with E-state index in [0.29, 0.717) is 5.92 Å². The first-order valence-corrected chi connectivity index (χ1v) is 10.2. The number of halogens is 1. The highest BCUT2D eigenvalue weighted by molar-refractivity contribution is 14.0. The Hall–Kier alpha value is -2.56. The number of guanidine groups is 1. The fraction of sp³-hybridized carbons (Fsp3) is 0.409. The topological polar surface area (TPSA) is 76.3 Å². The molecule has 1 aliphatic rings. The van der Waals surface area contributed by atoms with Crippen LogP contribution in [0.1, 0.15) is 23.7 Å². The lowest BCUT2D eigenvalue weighted by Gasteiger charge is -2.22. The highest BCUT2D eigenvalue weighted by Gasteiger charge is 2.27. The second-order valence-corrected chi connectivity index (χ2v) is 7.35. The fourth-order valence-corrected chi connectivity index (χ4v) is 3.97. The largest absolute Gasteiger partial charge is 0.497 e. The molecule has 0 amide bonds. The quantitative estimate of drug-likeness (QED) is 0.297. The Morgan fingerprint density at radius 3 is 2.65 bits per heavy atom. The molecule has 9 heteroatoms. The Bertz CT molecular complexity index is 1020. The number of aromatic nitrogens is 3. The van der Waals surface area contributed by atoms with Gasteiger partial charge in [0.1, 0.15) is 17.3 Å². The number of nitrogens with one attached hydrogen (secondary N) is 1. The van der Waals surface area contributed by atoms with Gasteiger partial charge in [0.2, 0.25) is 0 Å². The molecule has 3 heterocycles. The Morgan fingerprint density at radius 1 is 1.16 bits per heavy atom. The van der Waals surface area contributed by atoms with Gasteiger partial charge >= 0.3 is 0 Å². The second-order valence-electron chi connectivity index (χ2n) is 7.35. The van der Waals surface area contributed by atoms with Gasteiger partial charge in [0.25, 0.3) is 0 Å². The number of likely N-dealkylation sites (tertiary alicyclic amines) is 1. The van der Waals surface area contributed by atoms with Gasteiger partial charge in [0.05, 0.1) is 14.2 Å². The maximum absolute atomic E-state index is 5.43. The van der Waals surface area contributed by atoms with Crippen LogP contribution < -0.4 is 14.8 Å². The lowest BCUT2D eigenvalue weighted by atomic mass is 9.98. The average Bonchev–Trinajstić information content (AvgIpc) is 3.44. The zero-order chi connectivity index (χ0) is 20.9. The lowest BCUT2D eigenvalue weighted by molar-refractivity contribution is 0.392. The van der Waals surface area contributed by atoms with Crippen LogP contribution in [-0.2, 0) is 6.42 Å². The van der Waals surface area contributed by atoms with Crippen molar-refractivity contribution >= 4 is 35.6 Å². The zero-order valence-electron chi connectivity index (χ0n) is 18.1. The van der Waals surface area contributed by atoms with Crippen molar-refractivity contribution in [3.05, 3.63) is 54.0 Å². The predicted molar refractivity (Wildman–Crippen MR) is 132 cm³/mol. The van der Waals surface area contributed by atoms with E-state index in [1.165, 1.54) is 5.56 Å². The molecule has 1 aromatic carbocycles. The summed E-state index contributed by atoms with van der Waals surface area (Å²) in [7, 11) is 5.20. The molecule has 1 saturated heterocycles. The summed E-state index contributed by atoms with van der Waals surface area (Å²) in [5, 5.41) is 12.0. The summed E-state index contributed by atoms with van der Waals surface area (Å²) < 4.78 is 12.9. The van der Waals surface area contributed by atoms with E-state index in [1.807, 2.05) is 41.9 Å². The molecule has 0 bridgehead atoms. The second kappa shape index (κ2) is 10.7. The van der Waals surface area contributed by atoms with Gasteiger partial charge in [0.15, 0.2) is 11.6 Å².